The van der Waals surface area contributed by atoms with Gasteiger partial charge in [0.2, 0.25) is 0 Å². The Morgan fingerprint density at radius 1 is 1.46 bits per heavy atom. The molecule has 0 atom stereocenters. The lowest BCUT2D eigenvalue weighted by molar-refractivity contribution is 0.797. The van der Waals surface area contributed by atoms with Crippen LogP contribution in [0.15, 0.2) is 36.2 Å². The Labute approximate surface area is 77.8 Å². The van der Waals surface area contributed by atoms with E-state index < -0.39 is 0 Å². The maximum Gasteiger partial charge on any atom is 0.113 e. The van der Waals surface area contributed by atoms with Crippen molar-refractivity contribution in [1.82, 2.24) is 5.43 Å². The van der Waals surface area contributed by atoms with Crippen molar-refractivity contribution in [1.29, 1.82) is 0 Å². The molecule has 0 saturated heterocycles. The number of nitrogens with zero attached hydrogens (tertiary/aromatic N) is 1. The number of hydrogen-bond acceptors (Lipinski definition) is 3. The van der Waals surface area contributed by atoms with Gasteiger partial charge in [-0.2, -0.15) is 0 Å². The highest BCUT2D eigenvalue weighted by molar-refractivity contribution is 5.49. The van der Waals surface area contributed by atoms with E-state index in [2.05, 4.69) is 30.5 Å². The van der Waals surface area contributed by atoms with Crippen molar-refractivity contribution < 1.29 is 0 Å². The van der Waals surface area contributed by atoms with Gasteiger partial charge in [-0.1, -0.05) is 12.1 Å². The Morgan fingerprint density at radius 3 is 2.92 bits per heavy atom. The first kappa shape index (κ1) is 7.98. The van der Waals surface area contributed by atoms with Crippen LogP contribution in [0.25, 0.3) is 0 Å². The van der Waals surface area contributed by atoms with Gasteiger partial charge in [-0.15, -0.1) is 0 Å². The summed E-state index contributed by atoms with van der Waals surface area (Å²) in [7, 11) is 0. The average Bonchev–Trinajstić information content (AvgIpc) is 2.52. The summed E-state index contributed by atoms with van der Waals surface area (Å²) in [6.07, 6.45) is 1.96. The Hall–Kier alpha value is -1.64. The van der Waals surface area contributed by atoms with Crippen molar-refractivity contribution in [2.45, 2.75) is 6.92 Å². The predicted molar refractivity (Wildman–Crippen MR) is 53.9 cm³/mol. The fraction of sp³-hybridized carbons (Fsp3) is 0.200. The minimum atomic E-state index is 0.724. The average molecular weight is 175 g/mol. The van der Waals surface area contributed by atoms with E-state index in [-0.39, 0.29) is 0 Å². The Morgan fingerprint density at radius 2 is 2.31 bits per heavy atom. The second-order valence-corrected chi connectivity index (χ2v) is 3.22. The van der Waals surface area contributed by atoms with E-state index in [0.717, 1.165) is 18.1 Å². The highest BCUT2D eigenvalue weighted by atomic mass is 15.5. The van der Waals surface area contributed by atoms with Crippen molar-refractivity contribution in [2.24, 2.45) is 5.73 Å². The second kappa shape index (κ2) is 3.01. The quantitative estimate of drug-likeness (QED) is 0.672. The van der Waals surface area contributed by atoms with Gasteiger partial charge in [-0.25, -0.2) is 0 Å². The molecule has 0 radical (unpaired) electrons. The summed E-state index contributed by atoms with van der Waals surface area (Å²) >= 11 is 0. The van der Waals surface area contributed by atoms with Crippen LogP contribution in [0.1, 0.15) is 5.56 Å². The molecule has 1 heterocycles. The molecular formula is C10H13N3. The minimum Gasteiger partial charge on any atom is -0.384 e. The predicted octanol–water partition coefficient (Wildman–Crippen LogP) is 1.12. The summed E-state index contributed by atoms with van der Waals surface area (Å²) in [6.45, 7) is 2.91. The van der Waals surface area contributed by atoms with Crippen molar-refractivity contribution in [2.75, 3.05) is 11.6 Å². The van der Waals surface area contributed by atoms with Crippen LogP contribution in [0, 0.1) is 6.92 Å². The molecule has 0 spiro atoms. The van der Waals surface area contributed by atoms with Gasteiger partial charge in [0.1, 0.15) is 5.82 Å². The third kappa shape index (κ3) is 1.59. The van der Waals surface area contributed by atoms with Gasteiger partial charge in [0, 0.05) is 0 Å². The first-order valence-corrected chi connectivity index (χ1v) is 4.32. The van der Waals surface area contributed by atoms with Crippen LogP contribution in [-0.4, -0.2) is 6.54 Å². The van der Waals surface area contributed by atoms with Gasteiger partial charge in [0.25, 0.3) is 0 Å². The highest BCUT2D eigenvalue weighted by Crippen LogP contribution is 2.16. The molecular weight excluding hydrogens is 162 g/mol. The molecule has 0 bridgehead atoms. The molecule has 1 aliphatic rings. The summed E-state index contributed by atoms with van der Waals surface area (Å²) in [5.41, 5.74) is 11.1. The zero-order chi connectivity index (χ0) is 9.26. The van der Waals surface area contributed by atoms with Gasteiger partial charge in [-0.3, -0.25) is 10.4 Å². The van der Waals surface area contributed by atoms with Crippen LogP contribution in [0.3, 0.4) is 0 Å². The minimum absolute atomic E-state index is 0.724. The standard InChI is InChI=1S/C10H13N3/c1-8-3-2-4-9(7-8)13-6-5-10(11)12-13/h2-5,7,12H,6,11H2,1H3. The fourth-order valence-corrected chi connectivity index (χ4v) is 1.40. The topological polar surface area (TPSA) is 41.3 Å². The van der Waals surface area contributed by atoms with Crippen LogP contribution in [-0.2, 0) is 0 Å². The Bertz CT molecular complexity index is 344. The van der Waals surface area contributed by atoms with Crippen molar-refractivity contribution in [3.63, 3.8) is 0 Å². The molecule has 0 aliphatic carbocycles. The van der Waals surface area contributed by atoms with Crippen LogP contribution >= 0.6 is 0 Å². The molecule has 13 heavy (non-hydrogen) atoms. The van der Waals surface area contributed by atoms with Crippen LogP contribution < -0.4 is 16.2 Å². The summed E-state index contributed by atoms with van der Waals surface area (Å²) in [6, 6.07) is 8.31. The van der Waals surface area contributed by atoms with E-state index in [1.807, 2.05) is 17.2 Å². The maximum absolute atomic E-state index is 5.61. The molecule has 3 nitrogen and oxygen atoms in total. The number of benzene rings is 1. The molecule has 68 valence electrons. The van der Waals surface area contributed by atoms with Gasteiger partial charge >= 0.3 is 0 Å². The summed E-state index contributed by atoms with van der Waals surface area (Å²) < 4.78 is 0. The molecule has 0 fully saturated rings. The van der Waals surface area contributed by atoms with E-state index in [1.54, 1.807) is 0 Å². The van der Waals surface area contributed by atoms with Gasteiger partial charge in [0.05, 0.1) is 12.2 Å². The molecule has 0 aromatic heterocycles. The first-order chi connectivity index (χ1) is 6.25. The monoisotopic (exact) mass is 175 g/mol. The third-order valence-electron chi connectivity index (χ3n) is 2.07. The molecule has 1 aliphatic heterocycles. The summed E-state index contributed by atoms with van der Waals surface area (Å²) in [5.74, 6) is 0.724. The number of aryl methyl sites for hydroxylation is 1. The van der Waals surface area contributed by atoms with Crippen LogP contribution in [0.5, 0.6) is 0 Å². The SMILES string of the molecule is Cc1cccc(N2CC=C(N)N2)c1. The zero-order valence-electron chi connectivity index (χ0n) is 7.62. The highest BCUT2D eigenvalue weighted by Gasteiger charge is 2.10. The number of hydrogen-bond donors (Lipinski definition) is 2. The van der Waals surface area contributed by atoms with Gasteiger partial charge in [-0.05, 0) is 30.7 Å². The maximum atomic E-state index is 5.61. The van der Waals surface area contributed by atoms with E-state index in [4.69, 9.17) is 5.73 Å². The molecule has 0 saturated carbocycles. The largest absolute Gasteiger partial charge is 0.384 e. The number of hydrazine groups is 1. The molecule has 0 unspecified atom stereocenters. The molecule has 0 amide bonds. The van der Waals surface area contributed by atoms with Crippen LogP contribution in [0.4, 0.5) is 5.69 Å². The number of nitrogens with one attached hydrogen (secondary N) is 1. The Kier molecular flexibility index (Phi) is 1.85. The van der Waals surface area contributed by atoms with E-state index in [1.165, 1.54) is 5.56 Å². The summed E-state index contributed by atoms with van der Waals surface area (Å²) in [4.78, 5) is 0. The van der Waals surface area contributed by atoms with Crippen LogP contribution in [0.2, 0.25) is 0 Å². The van der Waals surface area contributed by atoms with E-state index in [9.17, 15) is 0 Å². The van der Waals surface area contributed by atoms with Gasteiger partial charge < -0.3 is 5.73 Å². The molecule has 2 rings (SSSR count). The number of nitrogens with two attached hydrogens (primary N) is 1. The number of anilines is 1. The van der Waals surface area contributed by atoms with E-state index >= 15 is 0 Å². The zero-order valence-corrected chi connectivity index (χ0v) is 7.62. The summed E-state index contributed by atoms with van der Waals surface area (Å²) in [5, 5.41) is 2.02. The molecule has 1 aromatic carbocycles. The third-order valence-corrected chi connectivity index (χ3v) is 2.07. The van der Waals surface area contributed by atoms with Gasteiger partial charge in [0.15, 0.2) is 0 Å². The molecule has 3 N–H and O–H groups in total. The van der Waals surface area contributed by atoms with Crippen molar-refractivity contribution in [3.8, 4) is 0 Å². The fourth-order valence-electron chi connectivity index (χ4n) is 1.40. The molecule has 3 heteroatoms. The lowest BCUT2D eigenvalue weighted by Crippen LogP contribution is -2.33. The van der Waals surface area contributed by atoms with E-state index in [0.29, 0.717) is 0 Å². The smallest absolute Gasteiger partial charge is 0.113 e. The van der Waals surface area contributed by atoms with Crippen molar-refractivity contribution >= 4 is 5.69 Å². The first-order valence-electron chi connectivity index (χ1n) is 4.32. The second-order valence-electron chi connectivity index (χ2n) is 3.22. The Balaban J connectivity index is 2.18. The van der Waals surface area contributed by atoms with Crippen molar-refractivity contribution in [3.05, 3.63) is 41.7 Å². The number of rotatable bonds is 1. The molecule has 1 aromatic rings. The normalized spacial score (nSPS) is 15.5. The lowest BCUT2D eigenvalue weighted by Gasteiger charge is -2.19. The lowest BCUT2D eigenvalue weighted by atomic mass is 10.2.